The summed E-state index contributed by atoms with van der Waals surface area (Å²) in [7, 11) is 0. The molecule has 1 aliphatic rings. The lowest BCUT2D eigenvalue weighted by molar-refractivity contribution is 0.629. The summed E-state index contributed by atoms with van der Waals surface area (Å²) in [5, 5.41) is 11.8. The second-order valence-corrected chi connectivity index (χ2v) is 4.64. The quantitative estimate of drug-likeness (QED) is 0.836. The van der Waals surface area contributed by atoms with Crippen molar-refractivity contribution in [2.24, 2.45) is 5.92 Å². The van der Waals surface area contributed by atoms with E-state index in [2.05, 4.69) is 15.3 Å². The van der Waals surface area contributed by atoms with Gasteiger partial charge in [0.15, 0.2) is 0 Å². The lowest BCUT2D eigenvalue weighted by Gasteiger charge is -2.09. The van der Waals surface area contributed by atoms with Crippen molar-refractivity contribution >= 4 is 17.7 Å². The van der Waals surface area contributed by atoms with Gasteiger partial charge in [-0.05, 0) is 29.9 Å². The number of anilines is 1. The first-order valence-electron chi connectivity index (χ1n) is 4.93. The van der Waals surface area contributed by atoms with Gasteiger partial charge in [0.05, 0.1) is 0 Å². The van der Waals surface area contributed by atoms with E-state index in [-0.39, 0.29) is 0 Å². The molecule has 2 heterocycles. The first-order chi connectivity index (χ1) is 7.38. The largest absolute Gasteiger partial charge is 0.354 e. The van der Waals surface area contributed by atoms with Crippen molar-refractivity contribution in [3.63, 3.8) is 0 Å². The molecular formula is C10H12N4S. The molecular weight excluding hydrogens is 208 g/mol. The highest BCUT2D eigenvalue weighted by atomic mass is 32.2. The number of hydrogen-bond donors (Lipinski definition) is 1. The molecule has 1 fully saturated rings. The highest BCUT2D eigenvalue weighted by molar-refractivity contribution is 7.99. The number of thioether (sulfide) groups is 1. The second-order valence-electron chi connectivity index (χ2n) is 3.49. The van der Waals surface area contributed by atoms with E-state index in [9.17, 15) is 0 Å². The smallest absolute Gasteiger partial charge is 0.223 e. The van der Waals surface area contributed by atoms with Crippen LogP contribution < -0.4 is 5.32 Å². The maximum absolute atomic E-state index is 8.67. The minimum Gasteiger partial charge on any atom is -0.354 e. The Balaban J connectivity index is 1.90. The lowest BCUT2D eigenvalue weighted by Crippen LogP contribution is -2.15. The van der Waals surface area contributed by atoms with Gasteiger partial charge in [0.1, 0.15) is 11.8 Å². The summed E-state index contributed by atoms with van der Waals surface area (Å²) in [5.41, 5.74) is 0.410. The molecule has 0 bridgehead atoms. The number of nitriles is 1. The Morgan fingerprint density at radius 1 is 1.67 bits per heavy atom. The normalized spacial score (nSPS) is 19.8. The molecule has 1 aliphatic heterocycles. The lowest BCUT2D eigenvalue weighted by atomic mass is 10.1. The minimum absolute atomic E-state index is 0.410. The summed E-state index contributed by atoms with van der Waals surface area (Å²) in [6.45, 7) is 0.905. The summed E-state index contributed by atoms with van der Waals surface area (Å²) >= 11 is 1.99. The molecule has 78 valence electrons. The Labute approximate surface area is 93.1 Å². The highest BCUT2D eigenvalue weighted by Gasteiger charge is 2.15. The van der Waals surface area contributed by atoms with Crippen molar-refractivity contribution in [3.8, 4) is 6.07 Å². The molecule has 1 aromatic heterocycles. The molecule has 0 aromatic carbocycles. The van der Waals surface area contributed by atoms with Crippen molar-refractivity contribution in [2.45, 2.75) is 6.42 Å². The van der Waals surface area contributed by atoms with E-state index in [4.69, 9.17) is 5.26 Å². The van der Waals surface area contributed by atoms with Gasteiger partial charge in [-0.25, -0.2) is 9.97 Å². The molecule has 0 aliphatic carbocycles. The van der Waals surface area contributed by atoms with E-state index >= 15 is 0 Å². The molecule has 1 aromatic rings. The predicted octanol–water partition coefficient (Wildman–Crippen LogP) is 1.51. The molecule has 0 amide bonds. The van der Waals surface area contributed by atoms with Crippen molar-refractivity contribution in [2.75, 3.05) is 23.4 Å². The van der Waals surface area contributed by atoms with E-state index in [1.165, 1.54) is 17.9 Å². The third kappa shape index (κ3) is 2.83. The van der Waals surface area contributed by atoms with Gasteiger partial charge in [0.25, 0.3) is 0 Å². The summed E-state index contributed by atoms with van der Waals surface area (Å²) in [6.07, 6.45) is 2.87. The topological polar surface area (TPSA) is 61.6 Å². The van der Waals surface area contributed by atoms with Crippen LogP contribution in [0.4, 0.5) is 5.95 Å². The summed E-state index contributed by atoms with van der Waals surface area (Å²) in [5.74, 6) is 3.74. The van der Waals surface area contributed by atoms with Crippen molar-refractivity contribution < 1.29 is 0 Å². The van der Waals surface area contributed by atoms with E-state index in [0.717, 1.165) is 6.54 Å². The molecule has 0 radical (unpaired) electrons. The van der Waals surface area contributed by atoms with Gasteiger partial charge in [0.2, 0.25) is 5.95 Å². The number of hydrogen-bond acceptors (Lipinski definition) is 5. The van der Waals surface area contributed by atoms with Gasteiger partial charge in [0, 0.05) is 12.7 Å². The van der Waals surface area contributed by atoms with Crippen LogP contribution in [-0.4, -0.2) is 28.0 Å². The molecule has 1 N–H and O–H groups in total. The van der Waals surface area contributed by atoms with E-state index in [0.29, 0.717) is 17.6 Å². The highest BCUT2D eigenvalue weighted by Crippen LogP contribution is 2.23. The fraction of sp³-hybridized carbons (Fsp3) is 0.500. The van der Waals surface area contributed by atoms with Gasteiger partial charge < -0.3 is 5.32 Å². The van der Waals surface area contributed by atoms with Crippen LogP contribution in [0, 0.1) is 17.2 Å². The SMILES string of the molecule is N#Cc1ccnc(NCC2CCSC2)n1. The molecule has 1 unspecified atom stereocenters. The van der Waals surface area contributed by atoms with Crippen molar-refractivity contribution in [1.82, 2.24) is 9.97 Å². The average Bonchev–Trinajstić information content (AvgIpc) is 2.79. The van der Waals surface area contributed by atoms with Crippen LogP contribution in [0.3, 0.4) is 0 Å². The monoisotopic (exact) mass is 220 g/mol. The Kier molecular flexibility index (Phi) is 3.41. The van der Waals surface area contributed by atoms with E-state index in [1.807, 2.05) is 17.8 Å². The predicted molar refractivity (Wildman–Crippen MR) is 60.7 cm³/mol. The average molecular weight is 220 g/mol. The van der Waals surface area contributed by atoms with E-state index < -0.39 is 0 Å². The van der Waals surface area contributed by atoms with Crippen LogP contribution in [0.2, 0.25) is 0 Å². The number of nitrogens with zero attached hydrogens (tertiary/aromatic N) is 3. The maximum atomic E-state index is 8.67. The molecule has 1 atom stereocenters. The molecule has 4 nitrogen and oxygen atoms in total. The summed E-state index contributed by atoms with van der Waals surface area (Å²) in [4.78, 5) is 8.13. The first kappa shape index (κ1) is 10.2. The number of nitrogens with one attached hydrogen (secondary N) is 1. The van der Waals surface area contributed by atoms with Crippen LogP contribution in [0.5, 0.6) is 0 Å². The number of rotatable bonds is 3. The first-order valence-corrected chi connectivity index (χ1v) is 6.08. The Morgan fingerprint density at radius 3 is 3.33 bits per heavy atom. The Morgan fingerprint density at radius 2 is 2.60 bits per heavy atom. The van der Waals surface area contributed by atoms with Crippen LogP contribution in [0.15, 0.2) is 12.3 Å². The molecule has 2 rings (SSSR count). The summed E-state index contributed by atoms with van der Waals surface area (Å²) < 4.78 is 0. The van der Waals surface area contributed by atoms with E-state index in [1.54, 1.807) is 12.3 Å². The summed E-state index contributed by atoms with van der Waals surface area (Å²) in [6, 6.07) is 3.61. The van der Waals surface area contributed by atoms with Crippen LogP contribution in [0.1, 0.15) is 12.1 Å². The third-order valence-corrected chi connectivity index (χ3v) is 3.57. The van der Waals surface area contributed by atoms with Crippen molar-refractivity contribution in [1.29, 1.82) is 5.26 Å². The van der Waals surface area contributed by atoms with Gasteiger partial charge in [-0.15, -0.1) is 0 Å². The van der Waals surface area contributed by atoms with Gasteiger partial charge >= 0.3 is 0 Å². The second kappa shape index (κ2) is 4.99. The van der Waals surface area contributed by atoms with Crippen LogP contribution in [0.25, 0.3) is 0 Å². The van der Waals surface area contributed by atoms with Gasteiger partial charge in [-0.3, -0.25) is 0 Å². The van der Waals surface area contributed by atoms with Gasteiger partial charge in [-0.2, -0.15) is 17.0 Å². The molecule has 1 saturated heterocycles. The standard InChI is InChI=1S/C10H12N4S/c11-5-9-1-3-12-10(14-9)13-6-8-2-4-15-7-8/h1,3,8H,2,4,6-7H2,(H,12,13,14). The van der Waals surface area contributed by atoms with Gasteiger partial charge in [-0.1, -0.05) is 0 Å². The molecule has 15 heavy (non-hydrogen) atoms. The fourth-order valence-corrected chi connectivity index (χ4v) is 2.77. The molecule has 0 spiro atoms. The van der Waals surface area contributed by atoms with Crippen LogP contribution in [-0.2, 0) is 0 Å². The molecule has 5 heteroatoms. The maximum Gasteiger partial charge on any atom is 0.223 e. The third-order valence-electron chi connectivity index (χ3n) is 2.34. The number of aromatic nitrogens is 2. The fourth-order valence-electron chi connectivity index (χ4n) is 1.49. The molecule has 0 saturated carbocycles. The van der Waals surface area contributed by atoms with Crippen LogP contribution >= 0.6 is 11.8 Å². The Hall–Kier alpha value is -1.28. The minimum atomic E-state index is 0.410. The Bertz CT molecular complexity index is 368. The zero-order valence-electron chi connectivity index (χ0n) is 8.31. The van der Waals surface area contributed by atoms with Crippen molar-refractivity contribution in [3.05, 3.63) is 18.0 Å². The zero-order chi connectivity index (χ0) is 10.5. The zero-order valence-corrected chi connectivity index (χ0v) is 9.13.